The van der Waals surface area contributed by atoms with E-state index in [-0.39, 0.29) is 44.0 Å². The second-order valence-electron chi connectivity index (χ2n) is 9.57. The van der Waals surface area contributed by atoms with Gasteiger partial charge in [0, 0.05) is 31.6 Å². The minimum absolute atomic E-state index is 0.0532. The Balaban J connectivity index is 1.76. The number of anilines is 1. The number of aryl methyl sites for hydroxylation is 1. The molecule has 37 heavy (non-hydrogen) atoms. The summed E-state index contributed by atoms with van der Waals surface area (Å²) in [6.07, 6.45) is 1.97. The third-order valence-corrected chi connectivity index (χ3v) is 7.24. The first kappa shape index (κ1) is 28.3. The van der Waals surface area contributed by atoms with Crippen LogP contribution < -0.4 is 19.1 Å². The topological polar surface area (TPSA) is 105 Å². The first-order valence-corrected chi connectivity index (χ1v) is 14.4. The Bertz CT molecular complexity index is 1210. The van der Waals surface area contributed by atoms with Crippen LogP contribution in [0.4, 0.5) is 5.69 Å². The molecular weight excluding hydrogens is 494 g/mol. The van der Waals surface area contributed by atoms with Crippen LogP contribution in [0, 0.1) is 6.92 Å². The van der Waals surface area contributed by atoms with Crippen molar-refractivity contribution in [3.8, 4) is 11.5 Å². The summed E-state index contributed by atoms with van der Waals surface area (Å²) in [7, 11) is -3.61. The Morgan fingerprint density at radius 2 is 1.81 bits per heavy atom. The van der Waals surface area contributed by atoms with E-state index in [0.717, 1.165) is 17.4 Å². The zero-order valence-electron chi connectivity index (χ0n) is 22.2. The van der Waals surface area contributed by atoms with Crippen molar-refractivity contribution in [3.05, 3.63) is 53.6 Å². The predicted octanol–water partition coefficient (Wildman–Crippen LogP) is 3.60. The molecule has 1 aliphatic heterocycles. The quantitative estimate of drug-likeness (QED) is 0.449. The second kappa shape index (κ2) is 12.3. The molecule has 0 spiro atoms. The molecular formula is C27H37N3O6S. The highest BCUT2D eigenvalue weighted by Gasteiger charge is 2.29. The summed E-state index contributed by atoms with van der Waals surface area (Å²) in [6.45, 7) is 8.12. The summed E-state index contributed by atoms with van der Waals surface area (Å²) in [4.78, 5) is 28.1. The fraction of sp³-hybridized carbons (Fsp3) is 0.481. The molecule has 0 saturated carbocycles. The van der Waals surface area contributed by atoms with E-state index in [9.17, 15) is 18.0 Å². The number of hydrogen-bond donors (Lipinski definition) is 1. The summed E-state index contributed by atoms with van der Waals surface area (Å²) < 4.78 is 37.1. The van der Waals surface area contributed by atoms with Crippen LogP contribution in [0.1, 0.15) is 51.2 Å². The van der Waals surface area contributed by atoms with Gasteiger partial charge < -0.3 is 19.7 Å². The van der Waals surface area contributed by atoms with Gasteiger partial charge in [-0.1, -0.05) is 36.8 Å². The number of carbonyl (C=O) groups excluding carboxylic acids is 2. The van der Waals surface area contributed by atoms with Crippen LogP contribution in [-0.4, -0.2) is 56.8 Å². The standard InChI is InChI=1S/C27H37N3O6S/c1-6-23(27(32)28-19(2)3)29(17-21-10-7-9-20(4)15-21)26(31)11-8-14-30(37(5,33)34)22-12-13-24-25(16-22)36-18-35-24/h7,9-10,12-13,15-16,19,23H,6,8,11,14,17-18H2,1-5H3,(H,28,32)/t23-/m0/s1. The first-order valence-electron chi connectivity index (χ1n) is 12.5. The summed E-state index contributed by atoms with van der Waals surface area (Å²) in [5, 5.41) is 2.92. The van der Waals surface area contributed by atoms with Crippen LogP contribution in [0.3, 0.4) is 0 Å². The molecule has 0 aromatic heterocycles. The van der Waals surface area contributed by atoms with Gasteiger partial charge in [0.15, 0.2) is 11.5 Å². The van der Waals surface area contributed by atoms with Crippen LogP contribution in [0.5, 0.6) is 11.5 Å². The molecule has 1 aliphatic rings. The SMILES string of the molecule is CC[C@@H](C(=O)NC(C)C)N(Cc1cccc(C)c1)C(=O)CCCN(c1ccc2c(c1)OCO2)S(C)(=O)=O. The maximum Gasteiger partial charge on any atom is 0.243 e. The molecule has 2 aromatic carbocycles. The Kier molecular flexibility index (Phi) is 9.42. The number of nitrogens with one attached hydrogen (secondary N) is 1. The highest BCUT2D eigenvalue weighted by atomic mass is 32.2. The van der Waals surface area contributed by atoms with E-state index in [1.807, 2.05) is 52.0 Å². The lowest BCUT2D eigenvalue weighted by Gasteiger charge is -2.31. The monoisotopic (exact) mass is 531 g/mol. The van der Waals surface area contributed by atoms with Crippen molar-refractivity contribution in [3.63, 3.8) is 0 Å². The number of rotatable bonds is 12. The molecule has 0 aliphatic carbocycles. The summed E-state index contributed by atoms with van der Waals surface area (Å²) >= 11 is 0. The van der Waals surface area contributed by atoms with E-state index < -0.39 is 16.1 Å². The van der Waals surface area contributed by atoms with E-state index in [4.69, 9.17) is 9.47 Å². The summed E-state index contributed by atoms with van der Waals surface area (Å²) in [5.74, 6) is 0.640. The largest absolute Gasteiger partial charge is 0.454 e. The number of hydrogen-bond acceptors (Lipinski definition) is 6. The number of carbonyl (C=O) groups is 2. The van der Waals surface area contributed by atoms with Gasteiger partial charge in [0.05, 0.1) is 11.9 Å². The molecule has 1 atom stereocenters. The Hall–Kier alpha value is -3.27. The van der Waals surface area contributed by atoms with Crippen molar-refractivity contribution in [1.29, 1.82) is 0 Å². The number of ether oxygens (including phenoxy) is 2. The van der Waals surface area contributed by atoms with Gasteiger partial charge in [-0.25, -0.2) is 8.42 Å². The van der Waals surface area contributed by atoms with Gasteiger partial charge in [-0.15, -0.1) is 0 Å². The van der Waals surface area contributed by atoms with Gasteiger partial charge in [-0.3, -0.25) is 13.9 Å². The summed E-state index contributed by atoms with van der Waals surface area (Å²) in [5.41, 5.74) is 2.44. The lowest BCUT2D eigenvalue weighted by atomic mass is 10.1. The second-order valence-corrected chi connectivity index (χ2v) is 11.5. The van der Waals surface area contributed by atoms with Crippen molar-refractivity contribution in [1.82, 2.24) is 10.2 Å². The molecule has 1 N–H and O–H groups in total. The van der Waals surface area contributed by atoms with Gasteiger partial charge in [0.1, 0.15) is 6.04 Å². The fourth-order valence-corrected chi connectivity index (χ4v) is 5.31. The lowest BCUT2D eigenvalue weighted by molar-refractivity contribution is -0.141. The zero-order chi connectivity index (χ0) is 27.2. The maximum absolute atomic E-state index is 13.5. The number of nitrogens with zero attached hydrogens (tertiary/aromatic N) is 2. The van der Waals surface area contributed by atoms with Crippen molar-refractivity contribution >= 4 is 27.5 Å². The molecule has 0 unspecified atom stereocenters. The van der Waals surface area contributed by atoms with E-state index in [1.54, 1.807) is 23.1 Å². The Labute approximate surface area is 219 Å². The maximum atomic E-state index is 13.5. The van der Waals surface area contributed by atoms with Crippen LogP contribution in [0.15, 0.2) is 42.5 Å². The van der Waals surface area contributed by atoms with Crippen LogP contribution in [0.25, 0.3) is 0 Å². The van der Waals surface area contributed by atoms with Crippen molar-refractivity contribution in [2.24, 2.45) is 0 Å². The minimum Gasteiger partial charge on any atom is -0.454 e. The Morgan fingerprint density at radius 1 is 1.08 bits per heavy atom. The molecule has 0 bridgehead atoms. The van der Waals surface area contributed by atoms with E-state index in [0.29, 0.717) is 30.2 Å². The van der Waals surface area contributed by atoms with Crippen molar-refractivity contribution in [2.75, 3.05) is 23.9 Å². The molecule has 0 fully saturated rings. The van der Waals surface area contributed by atoms with Gasteiger partial charge in [0.2, 0.25) is 28.6 Å². The van der Waals surface area contributed by atoms with Gasteiger partial charge in [-0.2, -0.15) is 0 Å². The zero-order valence-corrected chi connectivity index (χ0v) is 23.0. The van der Waals surface area contributed by atoms with Gasteiger partial charge in [0.25, 0.3) is 0 Å². The Morgan fingerprint density at radius 3 is 2.46 bits per heavy atom. The van der Waals surface area contributed by atoms with Crippen LogP contribution in [-0.2, 0) is 26.2 Å². The van der Waals surface area contributed by atoms with Gasteiger partial charge >= 0.3 is 0 Å². The molecule has 2 aromatic rings. The highest BCUT2D eigenvalue weighted by Crippen LogP contribution is 2.36. The molecule has 2 amide bonds. The average Bonchev–Trinajstić information content (AvgIpc) is 3.28. The molecule has 0 saturated heterocycles. The van der Waals surface area contributed by atoms with Crippen molar-refractivity contribution < 1.29 is 27.5 Å². The number of benzene rings is 2. The first-order chi connectivity index (χ1) is 17.5. The third kappa shape index (κ3) is 7.61. The molecule has 10 heteroatoms. The van der Waals surface area contributed by atoms with Gasteiger partial charge in [-0.05, 0) is 51.3 Å². The predicted molar refractivity (Wildman–Crippen MR) is 143 cm³/mol. The van der Waals surface area contributed by atoms with E-state index in [2.05, 4.69) is 5.32 Å². The number of amides is 2. The normalized spacial score (nSPS) is 13.4. The van der Waals surface area contributed by atoms with E-state index >= 15 is 0 Å². The minimum atomic E-state index is -3.61. The summed E-state index contributed by atoms with van der Waals surface area (Å²) in [6, 6.07) is 12.1. The third-order valence-electron chi connectivity index (χ3n) is 6.05. The molecule has 3 rings (SSSR count). The molecule has 0 radical (unpaired) electrons. The van der Waals surface area contributed by atoms with Crippen LogP contribution >= 0.6 is 0 Å². The smallest absolute Gasteiger partial charge is 0.243 e. The molecule has 202 valence electrons. The highest BCUT2D eigenvalue weighted by molar-refractivity contribution is 7.92. The molecule has 1 heterocycles. The fourth-order valence-electron chi connectivity index (χ4n) is 4.35. The van der Waals surface area contributed by atoms with Crippen LogP contribution in [0.2, 0.25) is 0 Å². The van der Waals surface area contributed by atoms with E-state index in [1.165, 1.54) is 4.31 Å². The average molecular weight is 532 g/mol. The lowest BCUT2D eigenvalue weighted by Crippen LogP contribution is -2.50. The molecule has 9 nitrogen and oxygen atoms in total. The number of sulfonamides is 1. The van der Waals surface area contributed by atoms with Crippen molar-refractivity contribution in [2.45, 2.75) is 65.6 Å². The number of fused-ring (bicyclic) bond motifs is 1.